The Morgan fingerprint density at radius 2 is 0.847 bits per heavy atom. The number of unbranched alkanes of at least 4 members (excludes halogenated alkanes) is 27. The van der Waals surface area contributed by atoms with E-state index in [1.54, 1.807) is 0 Å². The number of carbonyl (C=O) groups excluding carboxylic acids is 2. The van der Waals surface area contributed by atoms with E-state index in [-0.39, 0.29) is 31.5 Å². The molecule has 0 aliphatic rings. The molecule has 0 rings (SSSR count). The maximum atomic E-state index is 13.5. The van der Waals surface area contributed by atoms with E-state index in [2.05, 4.69) is 86.8 Å². The van der Waals surface area contributed by atoms with Crippen LogP contribution in [-0.4, -0.2) is 74.3 Å². The van der Waals surface area contributed by atoms with Gasteiger partial charge in [-0.3, -0.25) is 18.6 Å². The van der Waals surface area contributed by atoms with Crippen LogP contribution in [0.4, 0.5) is 0 Å². The van der Waals surface area contributed by atoms with E-state index in [9.17, 15) is 19.0 Å². The second kappa shape index (κ2) is 51.9. The molecule has 10 heteroatoms. The molecule has 0 radical (unpaired) electrons. The van der Waals surface area contributed by atoms with Crippen molar-refractivity contribution in [3.63, 3.8) is 0 Å². The van der Waals surface area contributed by atoms with Gasteiger partial charge in [0.15, 0.2) is 0 Å². The normalized spacial score (nSPS) is 14.3. The lowest BCUT2D eigenvalue weighted by Gasteiger charge is -2.27. The first-order valence-corrected chi connectivity index (χ1v) is 31.3. The highest BCUT2D eigenvalue weighted by Gasteiger charge is 2.30. The van der Waals surface area contributed by atoms with Crippen LogP contribution in [0.25, 0.3) is 0 Å². The van der Waals surface area contributed by atoms with Crippen LogP contribution in [0.1, 0.15) is 258 Å². The molecule has 0 saturated carbocycles. The van der Waals surface area contributed by atoms with Crippen molar-refractivity contribution in [3.05, 3.63) is 72.9 Å². The van der Waals surface area contributed by atoms with E-state index in [1.165, 1.54) is 122 Å². The Bertz CT molecular complexity index is 1460. The van der Waals surface area contributed by atoms with Gasteiger partial charge in [0.1, 0.15) is 19.3 Å². The van der Waals surface area contributed by atoms with Gasteiger partial charge in [-0.05, 0) is 102 Å². The fourth-order valence-corrected chi connectivity index (χ4v) is 8.95. The molecule has 0 aromatic rings. The minimum Gasteiger partial charge on any atom is -0.456 e. The van der Waals surface area contributed by atoms with Gasteiger partial charge in [0, 0.05) is 12.8 Å². The highest BCUT2D eigenvalue weighted by molar-refractivity contribution is 7.47. The van der Waals surface area contributed by atoms with E-state index >= 15 is 0 Å². The smallest absolute Gasteiger partial charge is 0.456 e. The number of allylic oxidation sites excluding steroid dienone is 11. The molecule has 0 aliphatic heterocycles. The third-order valence-corrected chi connectivity index (χ3v) is 13.9. The van der Waals surface area contributed by atoms with E-state index < -0.39 is 20.0 Å². The molecule has 0 spiro atoms. The van der Waals surface area contributed by atoms with Crippen molar-refractivity contribution in [3.8, 4) is 0 Å². The first-order chi connectivity index (χ1) is 34.9. The zero-order chi connectivity index (χ0) is 52.9. The van der Waals surface area contributed by atoms with Gasteiger partial charge in [0.2, 0.25) is 5.91 Å². The Hall–Kier alpha value is -2.55. The topological polar surface area (TPSA) is 111 Å². The number of rotatable bonds is 53. The zero-order valence-corrected chi connectivity index (χ0v) is 48.6. The van der Waals surface area contributed by atoms with Crippen LogP contribution in [0.15, 0.2) is 72.9 Å². The minimum absolute atomic E-state index is 0.0324. The molecule has 0 saturated heterocycles. The highest BCUT2D eigenvalue weighted by Crippen LogP contribution is 2.43. The van der Waals surface area contributed by atoms with Crippen LogP contribution in [0.5, 0.6) is 0 Å². The number of nitrogens with zero attached hydrogens (tertiary/aromatic N) is 1. The van der Waals surface area contributed by atoms with Gasteiger partial charge in [0.05, 0.1) is 33.8 Å². The monoisotopic (exact) mass is 1030 g/mol. The Labute approximate surface area is 444 Å². The fourth-order valence-electron chi connectivity index (χ4n) is 8.21. The number of hydrogen-bond acceptors (Lipinski definition) is 6. The summed E-state index contributed by atoms with van der Waals surface area (Å²) < 4.78 is 30.6. The maximum Gasteiger partial charge on any atom is 0.472 e. The molecule has 72 heavy (non-hydrogen) atoms. The number of ether oxygens (including phenoxy) is 1. The Morgan fingerprint density at radius 1 is 0.486 bits per heavy atom. The molecular formula is C62H114N2O7P+. The molecule has 3 atom stereocenters. The summed E-state index contributed by atoms with van der Waals surface area (Å²) >= 11 is 0. The number of nitrogens with one attached hydrogen (secondary N) is 1. The van der Waals surface area contributed by atoms with Crippen molar-refractivity contribution >= 4 is 19.7 Å². The minimum atomic E-state index is -4.46. The summed E-state index contributed by atoms with van der Waals surface area (Å²) in [5.41, 5.74) is 0. The molecule has 0 aromatic carbocycles. The van der Waals surface area contributed by atoms with Gasteiger partial charge in [-0.2, -0.15) is 0 Å². The predicted octanol–water partition coefficient (Wildman–Crippen LogP) is 18.1. The van der Waals surface area contributed by atoms with E-state index in [4.69, 9.17) is 13.8 Å². The van der Waals surface area contributed by atoms with Crippen LogP contribution in [0.2, 0.25) is 0 Å². The van der Waals surface area contributed by atoms with Crippen molar-refractivity contribution in [2.45, 2.75) is 270 Å². The molecule has 0 aromatic heterocycles. The lowest BCUT2D eigenvalue weighted by Crippen LogP contribution is -2.47. The van der Waals surface area contributed by atoms with Crippen LogP contribution in [0.3, 0.4) is 0 Å². The number of esters is 1. The summed E-state index contributed by atoms with van der Waals surface area (Å²) in [6.45, 7) is 6.93. The van der Waals surface area contributed by atoms with Crippen LogP contribution >= 0.6 is 7.82 Å². The third kappa shape index (κ3) is 52.3. The van der Waals surface area contributed by atoms with Gasteiger partial charge < -0.3 is 19.4 Å². The number of hydrogen-bond donors (Lipinski definition) is 2. The first kappa shape index (κ1) is 69.5. The van der Waals surface area contributed by atoms with Gasteiger partial charge in [-0.25, -0.2) is 4.57 Å². The average Bonchev–Trinajstić information content (AvgIpc) is 3.34. The Morgan fingerprint density at radius 3 is 1.29 bits per heavy atom. The molecule has 418 valence electrons. The molecule has 0 aliphatic carbocycles. The van der Waals surface area contributed by atoms with Crippen molar-refractivity contribution in [1.29, 1.82) is 0 Å². The largest absolute Gasteiger partial charge is 0.472 e. The first-order valence-electron chi connectivity index (χ1n) is 29.8. The van der Waals surface area contributed by atoms with Gasteiger partial charge in [0.25, 0.3) is 0 Å². The predicted molar refractivity (Wildman–Crippen MR) is 309 cm³/mol. The SMILES string of the molecule is CCCCC/C=C\C/C=C\C/C=C\CCCCCCC(=O)OC(/C=C/CCCCCCCCCCCC)C(COP(=O)(O)OCC[N+](C)(C)C)NC(=O)CCCCCCCCC/C=C\C/C=C\CCCCC. The quantitative estimate of drug-likeness (QED) is 0.0205. The molecular weight excluding hydrogens is 916 g/mol. The van der Waals surface area contributed by atoms with Crippen LogP contribution < -0.4 is 5.32 Å². The zero-order valence-electron chi connectivity index (χ0n) is 47.7. The lowest BCUT2D eigenvalue weighted by atomic mass is 10.0. The summed E-state index contributed by atoms with van der Waals surface area (Å²) in [7, 11) is 1.47. The Balaban J connectivity index is 5.37. The maximum absolute atomic E-state index is 13.5. The second-order valence-electron chi connectivity index (χ2n) is 21.2. The molecule has 3 unspecified atom stereocenters. The van der Waals surface area contributed by atoms with Crippen molar-refractivity contribution < 1.29 is 37.3 Å². The molecule has 0 bridgehead atoms. The number of carbonyl (C=O) groups is 2. The molecule has 0 fully saturated rings. The number of amides is 1. The standard InChI is InChI=1S/C62H113N2O7P/c1-7-10-13-16-19-22-25-28-30-32-34-36-39-42-45-48-51-54-61(65)63-59(58-70-72(67,68)69-57-56-64(4,5)6)60(53-50-47-44-41-38-27-24-21-18-15-12-9-3)71-62(66)55-52-49-46-43-40-37-35-33-31-29-26-23-20-17-14-11-8-2/h19-20,22-23,28-31,35,37,50,53,59-60H,7-18,21,24-27,32-34,36,38-49,51-52,54-58H2,1-6H3,(H-,63,65,67,68)/p+1/b22-19-,23-20-,30-28-,31-29-,37-35-,53-50+. The summed E-state index contributed by atoms with van der Waals surface area (Å²) in [4.78, 5) is 37.6. The summed E-state index contributed by atoms with van der Waals surface area (Å²) in [5, 5.41) is 3.04. The molecule has 0 heterocycles. The van der Waals surface area contributed by atoms with E-state index in [0.717, 1.165) is 96.3 Å². The summed E-state index contributed by atoms with van der Waals surface area (Å²) in [6, 6.07) is -0.864. The van der Waals surface area contributed by atoms with Crippen LogP contribution in [0, 0.1) is 0 Å². The van der Waals surface area contributed by atoms with Gasteiger partial charge >= 0.3 is 13.8 Å². The number of phosphoric acid groups is 1. The lowest BCUT2D eigenvalue weighted by molar-refractivity contribution is -0.870. The number of likely N-dealkylation sites (N-methyl/N-ethyl adjacent to an activating group) is 1. The van der Waals surface area contributed by atoms with Gasteiger partial charge in [-0.15, -0.1) is 0 Å². The molecule has 1 amide bonds. The van der Waals surface area contributed by atoms with Crippen molar-refractivity contribution in [2.75, 3.05) is 40.9 Å². The summed E-state index contributed by atoms with van der Waals surface area (Å²) in [6.07, 6.45) is 66.0. The Kier molecular flexibility index (Phi) is 50.1. The van der Waals surface area contributed by atoms with Crippen molar-refractivity contribution in [1.82, 2.24) is 5.32 Å². The number of phosphoric ester groups is 1. The highest BCUT2D eigenvalue weighted by atomic mass is 31.2. The average molecular weight is 1030 g/mol. The van der Waals surface area contributed by atoms with E-state index in [0.29, 0.717) is 23.9 Å². The number of quaternary nitrogens is 1. The second-order valence-corrected chi connectivity index (χ2v) is 22.6. The molecule has 2 N–H and O–H groups in total. The fraction of sp³-hybridized carbons (Fsp3) is 0.774. The third-order valence-electron chi connectivity index (χ3n) is 12.9. The summed E-state index contributed by atoms with van der Waals surface area (Å²) in [5.74, 6) is -0.539. The van der Waals surface area contributed by atoms with Crippen LogP contribution in [-0.2, 0) is 27.9 Å². The molecule has 9 nitrogen and oxygen atoms in total. The van der Waals surface area contributed by atoms with Crippen molar-refractivity contribution in [2.24, 2.45) is 0 Å². The van der Waals surface area contributed by atoms with E-state index in [1.807, 2.05) is 33.3 Å². The van der Waals surface area contributed by atoms with Gasteiger partial charge in [-0.1, -0.05) is 216 Å².